The van der Waals surface area contributed by atoms with E-state index in [1.54, 1.807) is 6.07 Å². The Kier molecular flexibility index (Phi) is 5.00. The normalized spacial score (nSPS) is 16.4. The lowest BCUT2D eigenvalue weighted by Gasteiger charge is -2.09. The summed E-state index contributed by atoms with van der Waals surface area (Å²) in [6, 6.07) is 10.4. The molecule has 2 aromatic rings. The summed E-state index contributed by atoms with van der Waals surface area (Å²) in [5.74, 6) is 0.576. The van der Waals surface area contributed by atoms with Crippen LogP contribution in [0.4, 0.5) is 11.5 Å². The van der Waals surface area contributed by atoms with Crippen molar-refractivity contribution in [3.63, 3.8) is 0 Å². The Balaban J connectivity index is 1.59. The molecule has 0 saturated carbocycles. The SMILES string of the molecule is COc1nc(Cl)cc(Nc2ccc(CCC3COC(N)=N3)cc2)n1. The molecule has 1 aliphatic heterocycles. The van der Waals surface area contributed by atoms with E-state index in [1.807, 2.05) is 12.1 Å². The maximum absolute atomic E-state index is 5.93. The molecule has 1 atom stereocenters. The Morgan fingerprint density at radius 3 is 2.79 bits per heavy atom. The van der Waals surface area contributed by atoms with Crippen LogP contribution in [0.3, 0.4) is 0 Å². The number of aliphatic imine (C=N–C) groups is 1. The topological polar surface area (TPSA) is 94.6 Å². The molecule has 0 fully saturated rings. The molecule has 3 N–H and O–H groups in total. The summed E-state index contributed by atoms with van der Waals surface area (Å²) >= 11 is 5.93. The van der Waals surface area contributed by atoms with Gasteiger partial charge in [0.25, 0.3) is 6.02 Å². The van der Waals surface area contributed by atoms with Gasteiger partial charge in [-0.3, -0.25) is 0 Å². The zero-order valence-corrected chi connectivity index (χ0v) is 14.0. The van der Waals surface area contributed by atoms with Gasteiger partial charge in [-0.2, -0.15) is 9.97 Å². The first-order valence-electron chi connectivity index (χ1n) is 7.53. The summed E-state index contributed by atoms with van der Waals surface area (Å²) in [5.41, 5.74) is 7.64. The number of aromatic nitrogens is 2. The van der Waals surface area contributed by atoms with Crippen LogP contribution in [0, 0.1) is 0 Å². The zero-order valence-electron chi connectivity index (χ0n) is 13.2. The highest BCUT2D eigenvalue weighted by Crippen LogP contribution is 2.21. The van der Waals surface area contributed by atoms with E-state index in [0.29, 0.717) is 23.6 Å². The minimum atomic E-state index is 0.151. The second-order valence-corrected chi connectivity index (χ2v) is 5.74. The molecule has 1 aromatic carbocycles. The van der Waals surface area contributed by atoms with Crippen molar-refractivity contribution in [3.8, 4) is 6.01 Å². The van der Waals surface area contributed by atoms with E-state index >= 15 is 0 Å². The van der Waals surface area contributed by atoms with E-state index in [-0.39, 0.29) is 12.1 Å². The van der Waals surface area contributed by atoms with E-state index < -0.39 is 0 Å². The summed E-state index contributed by atoms with van der Waals surface area (Å²) < 4.78 is 10.2. The van der Waals surface area contributed by atoms with Crippen LogP contribution in [0.1, 0.15) is 12.0 Å². The van der Waals surface area contributed by atoms with E-state index in [2.05, 4.69) is 32.4 Å². The number of nitrogens with two attached hydrogens (primary N) is 1. The molecule has 0 aliphatic carbocycles. The third-order valence-electron chi connectivity index (χ3n) is 3.58. The molecule has 126 valence electrons. The van der Waals surface area contributed by atoms with Gasteiger partial charge in [-0.25, -0.2) is 4.99 Å². The van der Waals surface area contributed by atoms with Gasteiger partial charge in [0.05, 0.1) is 13.2 Å². The molecule has 8 heteroatoms. The monoisotopic (exact) mass is 347 g/mol. The summed E-state index contributed by atoms with van der Waals surface area (Å²) in [7, 11) is 1.50. The average molecular weight is 348 g/mol. The molecular weight excluding hydrogens is 330 g/mol. The number of methoxy groups -OCH3 is 1. The van der Waals surface area contributed by atoms with Crippen molar-refractivity contribution in [3.05, 3.63) is 41.0 Å². The highest BCUT2D eigenvalue weighted by atomic mass is 35.5. The highest BCUT2D eigenvalue weighted by molar-refractivity contribution is 6.29. The van der Waals surface area contributed by atoms with Crippen molar-refractivity contribution >= 4 is 29.1 Å². The van der Waals surface area contributed by atoms with Gasteiger partial charge in [-0.1, -0.05) is 23.7 Å². The fourth-order valence-electron chi connectivity index (χ4n) is 2.37. The van der Waals surface area contributed by atoms with Crippen LogP contribution >= 0.6 is 11.6 Å². The second kappa shape index (κ2) is 7.35. The first-order valence-corrected chi connectivity index (χ1v) is 7.91. The molecule has 0 amide bonds. The predicted octanol–water partition coefficient (Wildman–Crippen LogP) is 2.53. The van der Waals surface area contributed by atoms with Gasteiger partial charge < -0.3 is 20.5 Å². The number of aryl methyl sites for hydroxylation is 1. The lowest BCUT2D eigenvalue weighted by atomic mass is 10.1. The molecule has 3 rings (SSSR count). The Hall–Kier alpha value is -2.54. The van der Waals surface area contributed by atoms with E-state index in [4.69, 9.17) is 26.8 Å². The van der Waals surface area contributed by atoms with Gasteiger partial charge in [0.15, 0.2) is 0 Å². The number of hydrogen-bond acceptors (Lipinski definition) is 7. The maximum atomic E-state index is 5.93. The number of anilines is 2. The summed E-state index contributed by atoms with van der Waals surface area (Å²) in [6.45, 7) is 0.571. The van der Waals surface area contributed by atoms with Crippen molar-refractivity contribution in [2.75, 3.05) is 19.0 Å². The van der Waals surface area contributed by atoms with Gasteiger partial charge in [0, 0.05) is 11.8 Å². The van der Waals surface area contributed by atoms with Crippen molar-refractivity contribution in [1.82, 2.24) is 9.97 Å². The van der Waals surface area contributed by atoms with Crippen LogP contribution < -0.4 is 15.8 Å². The average Bonchev–Trinajstić information content (AvgIpc) is 2.99. The summed E-state index contributed by atoms with van der Waals surface area (Å²) in [4.78, 5) is 12.4. The van der Waals surface area contributed by atoms with E-state index in [0.717, 1.165) is 18.5 Å². The standard InChI is InChI=1S/C16H18ClN5O2/c1-23-16-21-13(17)8-14(22-16)19-11-5-2-10(3-6-11)4-7-12-9-24-15(18)20-12/h2-3,5-6,8,12H,4,7,9H2,1H3,(H2,18,20)(H,19,21,22). The van der Waals surface area contributed by atoms with Crippen LogP contribution in [0.2, 0.25) is 5.15 Å². The lowest BCUT2D eigenvalue weighted by Crippen LogP contribution is -2.10. The Labute approximate surface area is 144 Å². The van der Waals surface area contributed by atoms with Crippen LogP contribution in [-0.4, -0.2) is 35.7 Å². The van der Waals surface area contributed by atoms with E-state index in [9.17, 15) is 0 Å². The first kappa shape index (κ1) is 16.3. The third-order valence-corrected chi connectivity index (χ3v) is 3.78. The molecular formula is C16H18ClN5O2. The number of nitrogens with zero attached hydrogens (tertiary/aromatic N) is 3. The van der Waals surface area contributed by atoms with E-state index in [1.165, 1.54) is 12.7 Å². The molecule has 0 bridgehead atoms. The number of nitrogens with one attached hydrogen (secondary N) is 1. The fourth-order valence-corrected chi connectivity index (χ4v) is 2.55. The van der Waals surface area contributed by atoms with Gasteiger partial charge in [0.1, 0.15) is 17.6 Å². The Bertz CT molecular complexity index is 736. The van der Waals surface area contributed by atoms with Crippen molar-refractivity contribution in [1.29, 1.82) is 0 Å². The van der Waals surface area contributed by atoms with Crippen molar-refractivity contribution in [2.45, 2.75) is 18.9 Å². The molecule has 2 heterocycles. The Morgan fingerprint density at radius 1 is 1.33 bits per heavy atom. The molecule has 0 saturated heterocycles. The van der Waals surface area contributed by atoms with Gasteiger partial charge in [-0.05, 0) is 30.5 Å². The molecule has 1 unspecified atom stereocenters. The largest absolute Gasteiger partial charge is 0.467 e. The van der Waals surface area contributed by atoms with Crippen LogP contribution in [0.5, 0.6) is 6.01 Å². The van der Waals surface area contributed by atoms with Crippen LogP contribution in [0.25, 0.3) is 0 Å². The minimum Gasteiger partial charge on any atom is -0.467 e. The van der Waals surface area contributed by atoms with Gasteiger partial charge in [-0.15, -0.1) is 0 Å². The second-order valence-electron chi connectivity index (χ2n) is 5.36. The number of benzene rings is 1. The number of hydrogen-bond donors (Lipinski definition) is 2. The number of halogens is 1. The predicted molar refractivity (Wildman–Crippen MR) is 93.0 cm³/mol. The molecule has 7 nitrogen and oxygen atoms in total. The summed E-state index contributed by atoms with van der Waals surface area (Å²) in [5, 5.41) is 3.49. The first-order chi connectivity index (χ1) is 11.6. The molecule has 0 spiro atoms. The Morgan fingerprint density at radius 2 is 2.12 bits per heavy atom. The molecule has 1 aliphatic rings. The fraction of sp³-hybridized carbons (Fsp3) is 0.312. The molecule has 24 heavy (non-hydrogen) atoms. The highest BCUT2D eigenvalue weighted by Gasteiger charge is 2.16. The van der Waals surface area contributed by atoms with Crippen LogP contribution in [0.15, 0.2) is 35.3 Å². The zero-order chi connectivity index (χ0) is 16.9. The third kappa shape index (κ3) is 4.26. The van der Waals surface area contributed by atoms with Gasteiger partial charge in [0.2, 0.25) is 0 Å². The van der Waals surface area contributed by atoms with Crippen LogP contribution in [-0.2, 0) is 11.2 Å². The number of amidine groups is 1. The maximum Gasteiger partial charge on any atom is 0.319 e. The van der Waals surface area contributed by atoms with Crippen molar-refractivity contribution < 1.29 is 9.47 Å². The lowest BCUT2D eigenvalue weighted by molar-refractivity contribution is 0.308. The smallest absolute Gasteiger partial charge is 0.319 e. The minimum absolute atomic E-state index is 0.151. The quantitative estimate of drug-likeness (QED) is 0.780. The number of ether oxygens (including phenoxy) is 2. The molecule has 1 aromatic heterocycles. The molecule has 0 radical (unpaired) electrons. The number of rotatable bonds is 6. The summed E-state index contributed by atoms with van der Waals surface area (Å²) in [6.07, 6.45) is 1.82. The van der Waals surface area contributed by atoms with Gasteiger partial charge >= 0.3 is 6.01 Å². The van der Waals surface area contributed by atoms with Crippen molar-refractivity contribution in [2.24, 2.45) is 10.7 Å².